The van der Waals surface area contributed by atoms with E-state index in [1.807, 2.05) is 34.9 Å². The van der Waals surface area contributed by atoms with E-state index < -0.39 is 0 Å². The monoisotopic (exact) mass is 289 g/mol. The summed E-state index contributed by atoms with van der Waals surface area (Å²) in [4.78, 5) is 15.7. The molecule has 1 heterocycles. The van der Waals surface area contributed by atoms with Gasteiger partial charge in [-0.15, -0.1) is 0 Å². The van der Waals surface area contributed by atoms with Crippen molar-refractivity contribution in [1.82, 2.24) is 9.55 Å². The van der Waals surface area contributed by atoms with Gasteiger partial charge in [-0.3, -0.25) is 4.79 Å². The van der Waals surface area contributed by atoms with E-state index in [4.69, 9.17) is 5.73 Å². The molecule has 0 aliphatic carbocycles. The minimum Gasteiger partial charge on any atom is -0.368 e. The van der Waals surface area contributed by atoms with Crippen LogP contribution >= 0.6 is 11.8 Å². The first kappa shape index (κ1) is 14.7. The molecule has 2 rings (SSSR count). The van der Waals surface area contributed by atoms with Crippen molar-refractivity contribution in [2.45, 2.75) is 25.1 Å². The molecule has 0 radical (unpaired) electrons. The second kappa shape index (κ2) is 6.61. The molecule has 0 unspecified atom stereocenters. The highest BCUT2D eigenvalue weighted by Gasteiger charge is 2.16. The molecule has 2 N–H and O–H groups in total. The van der Waals surface area contributed by atoms with E-state index in [9.17, 15) is 4.79 Å². The number of nitrogens with zero attached hydrogens (tertiary/aromatic N) is 2. The molecule has 0 spiro atoms. The van der Waals surface area contributed by atoms with Crippen molar-refractivity contribution < 1.29 is 4.79 Å². The van der Waals surface area contributed by atoms with E-state index in [-0.39, 0.29) is 12.5 Å². The summed E-state index contributed by atoms with van der Waals surface area (Å²) in [5.74, 6) is -0.347. The number of amides is 1. The molecule has 0 bridgehead atoms. The summed E-state index contributed by atoms with van der Waals surface area (Å²) in [5, 5.41) is 0.459. The predicted octanol–water partition coefficient (Wildman–Crippen LogP) is 2.33. The number of benzene rings is 1. The number of primary amides is 1. The van der Waals surface area contributed by atoms with Gasteiger partial charge in [0.15, 0.2) is 0 Å². The molecular formula is C15H19N3OS. The Kier molecular flexibility index (Phi) is 4.84. The van der Waals surface area contributed by atoms with Gasteiger partial charge in [0.2, 0.25) is 5.91 Å². The van der Waals surface area contributed by atoms with Gasteiger partial charge in [-0.25, -0.2) is 4.98 Å². The Labute approximate surface area is 123 Å². The van der Waals surface area contributed by atoms with Crippen molar-refractivity contribution in [2.24, 2.45) is 5.73 Å². The number of carbonyl (C=O) groups is 1. The van der Waals surface area contributed by atoms with Crippen LogP contribution in [-0.2, 0) is 17.8 Å². The number of hydrogen-bond acceptors (Lipinski definition) is 3. The fourth-order valence-electron chi connectivity index (χ4n) is 2.12. The van der Waals surface area contributed by atoms with Gasteiger partial charge in [0.05, 0.1) is 12.0 Å². The standard InChI is InChI=1S/C15H19N3OS/c1-11(20-2)8-13-15(12-6-4-3-5-7-12)17-10-18(13)9-14(16)19/h3-7,10-11H,8-9H2,1-2H3,(H2,16,19)/t11-/m1/s1. The van der Waals surface area contributed by atoms with Crippen molar-refractivity contribution in [3.05, 3.63) is 42.4 Å². The third-order valence-corrected chi connectivity index (χ3v) is 4.17. The maximum atomic E-state index is 11.2. The zero-order chi connectivity index (χ0) is 14.5. The normalized spacial score (nSPS) is 12.3. The molecule has 0 aliphatic heterocycles. The molecule has 1 amide bonds. The first-order valence-corrected chi connectivity index (χ1v) is 7.81. The van der Waals surface area contributed by atoms with Gasteiger partial charge in [0.1, 0.15) is 6.54 Å². The van der Waals surface area contributed by atoms with Crippen LogP contribution in [0.25, 0.3) is 11.3 Å². The molecule has 0 fully saturated rings. The number of imidazole rings is 1. The van der Waals surface area contributed by atoms with Crippen LogP contribution in [0.4, 0.5) is 0 Å². The topological polar surface area (TPSA) is 60.9 Å². The fourth-order valence-corrected chi connectivity index (χ4v) is 2.44. The Morgan fingerprint density at radius 2 is 2.10 bits per heavy atom. The number of aromatic nitrogens is 2. The van der Waals surface area contributed by atoms with Gasteiger partial charge in [-0.2, -0.15) is 11.8 Å². The smallest absolute Gasteiger partial charge is 0.237 e. The predicted molar refractivity (Wildman–Crippen MR) is 83.5 cm³/mol. The van der Waals surface area contributed by atoms with E-state index in [2.05, 4.69) is 18.2 Å². The lowest BCUT2D eigenvalue weighted by molar-refractivity contribution is -0.118. The molecular weight excluding hydrogens is 270 g/mol. The lowest BCUT2D eigenvalue weighted by atomic mass is 10.1. The number of carbonyl (C=O) groups excluding carboxylic acids is 1. The summed E-state index contributed by atoms with van der Waals surface area (Å²) in [5.41, 5.74) is 8.38. The third kappa shape index (κ3) is 3.42. The number of nitrogens with two attached hydrogens (primary N) is 1. The Morgan fingerprint density at radius 1 is 1.40 bits per heavy atom. The van der Waals surface area contributed by atoms with Crippen LogP contribution in [0.2, 0.25) is 0 Å². The lowest BCUT2D eigenvalue weighted by Crippen LogP contribution is -2.20. The summed E-state index contributed by atoms with van der Waals surface area (Å²) in [7, 11) is 0. The van der Waals surface area contributed by atoms with Crippen molar-refractivity contribution in [2.75, 3.05) is 6.26 Å². The minimum absolute atomic E-state index is 0.177. The Bertz CT molecular complexity index is 580. The van der Waals surface area contributed by atoms with Crippen LogP contribution in [0, 0.1) is 0 Å². The molecule has 1 aromatic carbocycles. The molecule has 0 saturated carbocycles. The molecule has 106 valence electrons. The maximum absolute atomic E-state index is 11.2. The minimum atomic E-state index is -0.347. The van der Waals surface area contributed by atoms with E-state index in [0.29, 0.717) is 5.25 Å². The maximum Gasteiger partial charge on any atom is 0.237 e. The molecule has 2 aromatic rings. The van der Waals surface area contributed by atoms with Gasteiger partial charge in [0, 0.05) is 22.9 Å². The first-order valence-electron chi connectivity index (χ1n) is 6.52. The summed E-state index contributed by atoms with van der Waals surface area (Å²) in [6.07, 6.45) is 4.65. The summed E-state index contributed by atoms with van der Waals surface area (Å²) in [6, 6.07) is 10.0. The molecule has 5 heteroatoms. The van der Waals surface area contributed by atoms with Gasteiger partial charge in [-0.1, -0.05) is 37.3 Å². The van der Waals surface area contributed by atoms with Crippen LogP contribution in [0.3, 0.4) is 0 Å². The zero-order valence-electron chi connectivity index (χ0n) is 11.7. The highest BCUT2D eigenvalue weighted by Crippen LogP contribution is 2.25. The van der Waals surface area contributed by atoms with Gasteiger partial charge >= 0.3 is 0 Å². The second-order valence-electron chi connectivity index (χ2n) is 4.75. The van der Waals surface area contributed by atoms with Gasteiger partial charge < -0.3 is 10.3 Å². The summed E-state index contributed by atoms with van der Waals surface area (Å²) >= 11 is 1.80. The average molecular weight is 289 g/mol. The number of rotatable bonds is 6. The van der Waals surface area contributed by atoms with Crippen LogP contribution in [-0.4, -0.2) is 27.0 Å². The fraction of sp³-hybridized carbons (Fsp3) is 0.333. The van der Waals surface area contributed by atoms with Crippen molar-refractivity contribution in [3.63, 3.8) is 0 Å². The first-order chi connectivity index (χ1) is 9.61. The lowest BCUT2D eigenvalue weighted by Gasteiger charge is -2.12. The molecule has 0 saturated heterocycles. The molecule has 1 atom stereocenters. The Morgan fingerprint density at radius 3 is 2.70 bits per heavy atom. The zero-order valence-corrected chi connectivity index (χ0v) is 12.6. The van der Waals surface area contributed by atoms with Crippen molar-refractivity contribution >= 4 is 17.7 Å². The van der Waals surface area contributed by atoms with Crippen LogP contribution in [0.1, 0.15) is 12.6 Å². The highest BCUT2D eigenvalue weighted by molar-refractivity contribution is 7.99. The van der Waals surface area contributed by atoms with Gasteiger partial charge in [0.25, 0.3) is 0 Å². The Hall–Kier alpha value is -1.75. The van der Waals surface area contributed by atoms with E-state index in [0.717, 1.165) is 23.4 Å². The SMILES string of the molecule is CS[C@H](C)Cc1c(-c2ccccc2)ncn1CC(N)=O. The van der Waals surface area contributed by atoms with Crippen LogP contribution in [0.5, 0.6) is 0 Å². The van der Waals surface area contributed by atoms with Crippen LogP contribution < -0.4 is 5.73 Å². The largest absolute Gasteiger partial charge is 0.368 e. The van der Waals surface area contributed by atoms with E-state index in [1.54, 1.807) is 18.1 Å². The highest BCUT2D eigenvalue weighted by atomic mass is 32.2. The Balaban J connectivity index is 2.41. The van der Waals surface area contributed by atoms with Crippen molar-refractivity contribution in [1.29, 1.82) is 0 Å². The summed E-state index contributed by atoms with van der Waals surface area (Å²) < 4.78 is 1.86. The summed E-state index contributed by atoms with van der Waals surface area (Å²) in [6.45, 7) is 2.34. The van der Waals surface area contributed by atoms with Crippen LogP contribution in [0.15, 0.2) is 36.7 Å². The number of hydrogen-bond donors (Lipinski definition) is 1. The number of thioether (sulfide) groups is 1. The molecule has 1 aromatic heterocycles. The average Bonchev–Trinajstić information content (AvgIpc) is 2.82. The van der Waals surface area contributed by atoms with Gasteiger partial charge in [-0.05, 0) is 6.26 Å². The molecule has 0 aliphatic rings. The molecule has 20 heavy (non-hydrogen) atoms. The molecule has 4 nitrogen and oxygen atoms in total. The van der Waals surface area contributed by atoms with Crippen molar-refractivity contribution in [3.8, 4) is 11.3 Å². The quantitative estimate of drug-likeness (QED) is 0.888. The second-order valence-corrected chi connectivity index (χ2v) is 6.03. The third-order valence-electron chi connectivity index (χ3n) is 3.20. The van der Waals surface area contributed by atoms with E-state index >= 15 is 0 Å². The van der Waals surface area contributed by atoms with E-state index in [1.165, 1.54) is 0 Å².